The van der Waals surface area contributed by atoms with Gasteiger partial charge in [0.25, 0.3) is 0 Å². The van der Waals surface area contributed by atoms with Crippen molar-refractivity contribution in [3.63, 3.8) is 0 Å². The molecule has 0 fully saturated rings. The Morgan fingerprint density at radius 2 is 2.28 bits per heavy atom. The van der Waals surface area contributed by atoms with Crippen LogP contribution in [0.4, 0.5) is 0 Å². The Bertz CT molecular complexity index is 507. The van der Waals surface area contributed by atoms with Gasteiger partial charge in [-0.2, -0.15) is 5.10 Å². The summed E-state index contributed by atoms with van der Waals surface area (Å²) in [7, 11) is 0. The molecule has 0 aliphatic rings. The molecule has 0 atom stereocenters. The Hall–Kier alpha value is -1.39. The topological polar surface area (TPSA) is 42.7 Å². The zero-order chi connectivity index (χ0) is 13.0. The summed E-state index contributed by atoms with van der Waals surface area (Å²) < 4.78 is 1.67. The van der Waals surface area contributed by atoms with E-state index in [4.69, 9.17) is 11.6 Å². The standard InChI is InChI=1S/C13H17ClN4/c1-10(2)6-15-7-11-3-4-16-13(5-11)18-9-12(14)8-17-18/h3-5,8-10,15H,6-7H2,1-2H3. The van der Waals surface area contributed by atoms with Crippen LogP contribution in [-0.4, -0.2) is 21.3 Å². The number of nitrogens with zero attached hydrogens (tertiary/aromatic N) is 3. The van der Waals surface area contributed by atoms with Crippen LogP contribution in [0.1, 0.15) is 19.4 Å². The van der Waals surface area contributed by atoms with Crippen LogP contribution in [0.3, 0.4) is 0 Å². The van der Waals surface area contributed by atoms with Crippen LogP contribution in [0.2, 0.25) is 5.02 Å². The maximum Gasteiger partial charge on any atom is 0.153 e. The second-order valence-electron chi connectivity index (χ2n) is 4.65. The van der Waals surface area contributed by atoms with E-state index in [9.17, 15) is 0 Å². The van der Waals surface area contributed by atoms with E-state index >= 15 is 0 Å². The van der Waals surface area contributed by atoms with Gasteiger partial charge >= 0.3 is 0 Å². The molecule has 0 saturated carbocycles. The predicted octanol–water partition coefficient (Wildman–Crippen LogP) is 2.67. The average molecular weight is 265 g/mol. The van der Waals surface area contributed by atoms with Gasteiger partial charge in [-0.3, -0.25) is 0 Å². The molecule has 2 rings (SSSR count). The summed E-state index contributed by atoms with van der Waals surface area (Å²) in [6.07, 6.45) is 5.14. The SMILES string of the molecule is CC(C)CNCc1ccnc(-n2cc(Cl)cn2)c1. The molecule has 4 nitrogen and oxygen atoms in total. The monoisotopic (exact) mass is 264 g/mol. The molecular formula is C13H17ClN4. The van der Waals surface area contributed by atoms with Crippen molar-refractivity contribution in [2.24, 2.45) is 5.92 Å². The molecule has 0 spiro atoms. The number of aromatic nitrogens is 3. The van der Waals surface area contributed by atoms with Crippen molar-refractivity contribution in [3.05, 3.63) is 41.3 Å². The first-order valence-electron chi connectivity index (χ1n) is 6.01. The number of hydrogen-bond donors (Lipinski definition) is 1. The molecule has 2 aromatic heterocycles. The van der Waals surface area contributed by atoms with E-state index in [0.29, 0.717) is 10.9 Å². The maximum absolute atomic E-state index is 5.85. The molecular weight excluding hydrogens is 248 g/mol. The number of rotatable bonds is 5. The predicted molar refractivity (Wildman–Crippen MR) is 72.9 cm³/mol. The van der Waals surface area contributed by atoms with Crippen molar-refractivity contribution in [2.75, 3.05) is 6.54 Å². The minimum absolute atomic E-state index is 0.611. The fraction of sp³-hybridized carbons (Fsp3) is 0.385. The molecule has 2 heterocycles. The lowest BCUT2D eigenvalue weighted by Crippen LogP contribution is -2.19. The quantitative estimate of drug-likeness (QED) is 0.903. The first-order chi connectivity index (χ1) is 8.65. The normalized spacial score (nSPS) is 11.1. The summed E-state index contributed by atoms with van der Waals surface area (Å²) in [4.78, 5) is 4.28. The molecule has 96 valence electrons. The van der Waals surface area contributed by atoms with Crippen LogP contribution in [0, 0.1) is 5.92 Å². The van der Waals surface area contributed by atoms with Crippen LogP contribution >= 0.6 is 11.6 Å². The van der Waals surface area contributed by atoms with Crippen molar-refractivity contribution in [3.8, 4) is 5.82 Å². The van der Waals surface area contributed by atoms with Crippen molar-refractivity contribution in [2.45, 2.75) is 20.4 Å². The average Bonchev–Trinajstić information content (AvgIpc) is 2.76. The highest BCUT2D eigenvalue weighted by Gasteiger charge is 2.02. The number of pyridine rings is 1. The molecule has 0 saturated heterocycles. The van der Waals surface area contributed by atoms with E-state index in [-0.39, 0.29) is 0 Å². The highest BCUT2D eigenvalue weighted by Crippen LogP contribution is 2.11. The number of halogens is 1. The Morgan fingerprint density at radius 1 is 1.44 bits per heavy atom. The molecule has 5 heteroatoms. The van der Waals surface area contributed by atoms with Crippen LogP contribution in [0.25, 0.3) is 5.82 Å². The van der Waals surface area contributed by atoms with Crippen molar-refractivity contribution in [1.29, 1.82) is 0 Å². The Morgan fingerprint density at radius 3 is 2.94 bits per heavy atom. The van der Waals surface area contributed by atoms with Gasteiger partial charge in [0.05, 0.1) is 17.4 Å². The molecule has 0 aliphatic carbocycles. The van der Waals surface area contributed by atoms with Crippen LogP contribution < -0.4 is 5.32 Å². The van der Waals surface area contributed by atoms with E-state index in [2.05, 4.69) is 29.2 Å². The molecule has 0 radical (unpaired) electrons. The van der Waals surface area contributed by atoms with Gasteiger partial charge in [-0.15, -0.1) is 0 Å². The van der Waals surface area contributed by atoms with Gasteiger partial charge in [-0.05, 0) is 30.2 Å². The Kier molecular flexibility index (Phi) is 4.33. The van der Waals surface area contributed by atoms with E-state index in [1.54, 1.807) is 23.3 Å². The third kappa shape index (κ3) is 3.55. The smallest absolute Gasteiger partial charge is 0.153 e. The molecule has 2 aromatic rings. The maximum atomic E-state index is 5.85. The largest absolute Gasteiger partial charge is 0.312 e. The fourth-order valence-corrected chi connectivity index (χ4v) is 1.76. The van der Waals surface area contributed by atoms with Crippen LogP contribution in [0.15, 0.2) is 30.7 Å². The zero-order valence-electron chi connectivity index (χ0n) is 10.6. The minimum atomic E-state index is 0.611. The van der Waals surface area contributed by atoms with E-state index in [0.717, 1.165) is 18.9 Å². The minimum Gasteiger partial charge on any atom is -0.312 e. The van der Waals surface area contributed by atoms with E-state index in [1.165, 1.54) is 5.56 Å². The second kappa shape index (κ2) is 5.98. The van der Waals surface area contributed by atoms with Crippen molar-refractivity contribution in [1.82, 2.24) is 20.1 Å². The van der Waals surface area contributed by atoms with Crippen LogP contribution in [0.5, 0.6) is 0 Å². The molecule has 0 unspecified atom stereocenters. The molecule has 0 aliphatic heterocycles. The van der Waals surface area contributed by atoms with Crippen LogP contribution in [-0.2, 0) is 6.54 Å². The van der Waals surface area contributed by atoms with E-state index in [1.807, 2.05) is 12.1 Å². The third-order valence-corrected chi connectivity index (χ3v) is 2.67. The molecule has 1 N–H and O–H groups in total. The summed E-state index contributed by atoms with van der Waals surface area (Å²) in [6, 6.07) is 4.01. The van der Waals surface area contributed by atoms with Crippen molar-refractivity contribution >= 4 is 11.6 Å². The first kappa shape index (κ1) is 13.1. The summed E-state index contributed by atoms with van der Waals surface area (Å²) in [6.45, 7) is 6.22. The number of hydrogen-bond acceptors (Lipinski definition) is 3. The van der Waals surface area contributed by atoms with Gasteiger partial charge < -0.3 is 5.32 Å². The van der Waals surface area contributed by atoms with Gasteiger partial charge in [-0.1, -0.05) is 25.4 Å². The summed E-state index contributed by atoms with van der Waals surface area (Å²) >= 11 is 5.85. The zero-order valence-corrected chi connectivity index (χ0v) is 11.4. The first-order valence-corrected chi connectivity index (χ1v) is 6.39. The highest BCUT2D eigenvalue weighted by molar-refractivity contribution is 6.30. The summed E-state index contributed by atoms with van der Waals surface area (Å²) in [5.74, 6) is 1.43. The summed E-state index contributed by atoms with van der Waals surface area (Å²) in [5.41, 5.74) is 1.19. The fourth-order valence-electron chi connectivity index (χ4n) is 1.63. The van der Waals surface area contributed by atoms with E-state index < -0.39 is 0 Å². The van der Waals surface area contributed by atoms with Gasteiger partial charge in [0.15, 0.2) is 5.82 Å². The molecule has 0 amide bonds. The Balaban J connectivity index is 2.05. The molecule has 18 heavy (non-hydrogen) atoms. The molecule has 0 bridgehead atoms. The van der Waals surface area contributed by atoms with Gasteiger partial charge in [0.2, 0.25) is 0 Å². The third-order valence-electron chi connectivity index (χ3n) is 2.48. The lowest BCUT2D eigenvalue weighted by Gasteiger charge is -2.08. The lowest BCUT2D eigenvalue weighted by atomic mass is 10.2. The van der Waals surface area contributed by atoms with Gasteiger partial charge in [-0.25, -0.2) is 9.67 Å². The lowest BCUT2D eigenvalue weighted by molar-refractivity contribution is 0.552. The number of nitrogens with one attached hydrogen (secondary N) is 1. The van der Waals surface area contributed by atoms with Crippen molar-refractivity contribution < 1.29 is 0 Å². The Labute approximate surface area is 112 Å². The van der Waals surface area contributed by atoms with Gasteiger partial charge in [0.1, 0.15) is 0 Å². The van der Waals surface area contributed by atoms with Gasteiger partial charge in [0, 0.05) is 12.7 Å². The molecule has 0 aromatic carbocycles. The summed E-state index contributed by atoms with van der Waals surface area (Å²) in [5, 5.41) is 8.15. The highest BCUT2D eigenvalue weighted by atomic mass is 35.5. The second-order valence-corrected chi connectivity index (χ2v) is 5.09.